The van der Waals surface area contributed by atoms with Crippen LogP contribution in [0.5, 0.6) is 0 Å². The zero-order chi connectivity index (χ0) is 13.9. The van der Waals surface area contributed by atoms with Gasteiger partial charge in [0.2, 0.25) is 0 Å². The lowest BCUT2D eigenvalue weighted by molar-refractivity contribution is -0.143. The van der Waals surface area contributed by atoms with Crippen LogP contribution < -0.4 is 5.73 Å². The number of hydrogen-bond acceptors (Lipinski definition) is 3. The fourth-order valence-corrected chi connectivity index (χ4v) is 2.63. The second-order valence-corrected chi connectivity index (χ2v) is 5.57. The Kier molecular flexibility index (Phi) is 4.12. The normalized spacial score (nSPS) is 14.2. The maximum absolute atomic E-state index is 11.5. The molecule has 19 heavy (non-hydrogen) atoms. The molecule has 2 aromatic rings. The highest BCUT2D eigenvalue weighted by Crippen LogP contribution is 2.27. The summed E-state index contributed by atoms with van der Waals surface area (Å²) in [5.74, 6) is -0.257. The molecule has 4 heteroatoms. The molecule has 3 nitrogen and oxygen atoms in total. The van der Waals surface area contributed by atoms with Gasteiger partial charge in [-0.2, -0.15) is 11.8 Å². The maximum Gasteiger partial charge on any atom is 0.328 e. The Hall–Kier alpha value is -1.52. The highest BCUT2D eigenvalue weighted by Gasteiger charge is 2.35. The van der Waals surface area contributed by atoms with Crippen molar-refractivity contribution in [2.45, 2.75) is 12.0 Å². The SMILES string of the molecule is CSCCC(N)(C(=O)O)c1ccc2ccccc2c1. The van der Waals surface area contributed by atoms with Crippen LogP contribution in [0.25, 0.3) is 10.8 Å². The molecule has 0 spiro atoms. The third-order valence-electron chi connectivity index (χ3n) is 3.35. The number of carbonyl (C=O) groups is 1. The number of benzene rings is 2. The fourth-order valence-electron chi connectivity index (χ4n) is 2.10. The van der Waals surface area contributed by atoms with Gasteiger partial charge in [0.05, 0.1) is 0 Å². The molecule has 0 saturated carbocycles. The fraction of sp³-hybridized carbons (Fsp3) is 0.267. The minimum Gasteiger partial charge on any atom is -0.480 e. The molecule has 0 fully saturated rings. The number of rotatable bonds is 5. The van der Waals surface area contributed by atoms with E-state index in [4.69, 9.17) is 5.73 Å². The van der Waals surface area contributed by atoms with Crippen molar-refractivity contribution in [1.82, 2.24) is 0 Å². The van der Waals surface area contributed by atoms with Crippen molar-refractivity contribution < 1.29 is 9.90 Å². The number of thioether (sulfide) groups is 1. The highest BCUT2D eigenvalue weighted by molar-refractivity contribution is 7.98. The second kappa shape index (κ2) is 5.63. The average Bonchev–Trinajstić information content (AvgIpc) is 2.44. The minimum absolute atomic E-state index is 0.418. The van der Waals surface area contributed by atoms with E-state index >= 15 is 0 Å². The van der Waals surface area contributed by atoms with E-state index in [-0.39, 0.29) is 0 Å². The van der Waals surface area contributed by atoms with Gasteiger partial charge in [-0.1, -0.05) is 36.4 Å². The van der Waals surface area contributed by atoms with Gasteiger partial charge in [-0.3, -0.25) is 0 Å². The van der Waals surface area contributed by atoms with Gasteiger partial charge in [0.1, 0.15) is 5.54 Å². The molecule has 2 rings (SSSR count). The molecule has 0 aromatic heterocycles. The van der Waals surface area contributed by atoms with E-state index in [1.165, 1.54) is 0 Å². The lowest BCUT2D eigenvalue weighted by Crippen LogP contribution is -2.45. The summed E-state index contributed by atoms with van der Waals surface area (Å²) in [6.07, 6.45) is 2.37. The molecule has 3 N–H and O–H groups in total. The van der Waals surface area contributed by atoms with Crippen LogP contribution in [-0.2, 0) is 10.3 Å². The Morgan fingerprint density at radius 2 is 1.95 bits per heavy atom. The Bertz CT molecular complexity index is 599. The lowest BCUT2D eigenvalue weighted by Gasteiger charge is -2.25. The van der Waals surface area contributed by atoms with Gasteiger partial charge >= 0.3 is 5.97 Å². The molecule has 0 amide bonds. The molecule has 2 aromatic carbocycles. The smallest absolute Gasteiger partial charge is 0.328 e. The Morgan fingerprint density at radius 3 is 2.58 bits per heavy atom. The van der Waals surface area contributed by atoms with Crippen molar-refractivity contribution >= 4 is 28.5 Å². The molecule has 1 unspecified atom stereocenters. The summed E-state index contributed by atoms with van der Waals surface area (Å²) in [5.41, 5.74) is 5.47. The Labute approximate surface area is 116 Å². The van der Waals surface area contributed by atoms with Gasteiger partial charge in [0.15, 0.2) is 0 Å². The van der Waals surface area contributed by atoms with Crippen molar-refractivity contribution in [1.29, 1.82) is 0 Å². The summed E-state index contributed by atoms with van der Waals surface area (Å²) < 4.78 is 0. The first kappa shape index (κ1) is 13.9. The summed E-state index contributed by atoms with van der Waals surface area (Å²) in [4.78, 5) is 11.5. The maximum atomic E-state index is 11.5. The summed E-state index contributed by atoms with van der Waals surface area (Å²) in [6.45, 7) is 0. The van der Waals surface area contributed by atoms with Crippen molar-refractivity contribution in [3.05, 3.63) is 48.0 Å². The van der Waals surface area contributed by atoms with E-state index in [0.717, 1.165) is 16.5 Å². The molecule has 100 valence electrons. The first-order chi connectivity index (χ1) is 9.08. The summed E-state index contributed by atoms with van der Waals surface area (Å²) >= 11 is 1.60. The number of aliphatic carboxylic acids is 1. The third-order valence-corrected chi connectivity index (χ3v) is 3.96. The van der Waals surface area contributed by atoms with Crippen molar-refractivity contribution in [3.8, 4) is 0 Å². The van der Waals surface area contributed by atoms with Crippen molar-refractivity contribution in [2.75, 3.05) is 12.0 Å². The zero-order valence-electron chi connectivity index (χ0n) is 10.8. The van der Waals surface area contributed by atoms with E-state index in [1.54, 1.807) is 11.8 Å². The zero-order valence-corrected chi connectivity index (χ0v) is 11.6. The molecule has 0 aliphatic heterocycles. The van der Waals surface area contributed by atoms with E-state index < -0.39 is 11.5 Å². The first-order valence-electron chi connectivity index (χ1n) is 6.08. The molecule has 0 bridgehead atoms. The second-order valence-electron chi connectivity index (χ2n) is 4.58. The van der Waals surface area contributed by atoms with Crippen LogP contribution in [0.2, 0.25) is 0 Å². The van der Waals surface area contributed by atoms with Crippen LogP contribution in [0.4, 0.5) is 0 Å². The van der Waals surface area contributed by atoms with Crippen LogP contribution in [0.1, 0.15) is 12.0 Å². The molecule has 0 aliphatic carbocycles. The predicted octanol–water partition coefficient (Wildman–Crippen LogP) is 2.83. The first-order valence-corrected chi connectivity index (χ1v) is 7.48. The lowest BCUT2D eigenvalue weighted by atomic mass is 9.87. The van der Waals surface area contributed by atoms with Crippen LogP contribution >= 0.6 is 11.8 Å². The standard InChI is InChI=1S/C15H17NO2S/c1-19-9-8-15(16,14(17)18)13-7-6-11-4-2-3-5-12(11)10-13/h2-7,10H,8-9,16H2,1H3,(H,17,18). The van der Waals surface area contributed by atoms with Crippen LogP contribution in [0.15, 0.2) is 42.5 Å². The van der Waals surface area contributed by atoms with Gasteiger partial charge < -0.3 is 10.8 Å². The van der Waals surface area contributed by atoms with Crippen molar-refractivity contribution in [2.24, 2.45) is 5.73 Å². The molecular weight excluding hydrogens is 258 g/mol. The van der Waals surface area contributed by atoms with E-state index in [0.29, 0.717) is 12.0 Å². The van der Waals surface area contributed by atoms with Crippen LogP contribution in [0, 0.1) is 0 Å². The van der Waals surface area contributed by atoms with Crippen LogP contribution in [0.3, 0.4) is 0 Å². The van der Waals surface area contributed by atoms with Gasteiger partial charge in [0.25, 0.3) is 0 Å². The Morgan fingerprint density at radius 1 is 1.26 bits per heavy atom. The van der Waals surface area contributed by atoms with Gasteiger partial charge in [-0.15, -0.1) is 0 Å². The third kappa shape index (κ3) is 2.74. The van der Waals surface area contributed by atoms with Gasteiger partial charge in [0, 0.05) is 0 Å². The average molecular weight is 275 g/mol. The molecule has 0 aliphatic rings. The number of nitrogens with two attached hydrogens (primary N) is 1. The van der Waals surface area contributed by atoms with Crippen LogP contribution in [-0.4, -0.2) is 23.1 Å². The summed E-state index contributed by atoms with van der Waals surface area (Å²) in [7, 11) is 0. The van der Waals surface area contributed by atoms with E-state index in [9.17, 15) is 9.90 Å². The topological polar surface area (TPSA) is 63.3 Å². The molecule has 1 atom stereocenters. The van der Waals surface area contributed by atoms with Gasteiger partial charge in [-0.05, 0) is 40.8 Å². The highest BCUT2D eigenvalue weighted by atomic mass is 32.2. The molecule has 0 heterocycles. The molecule has 0 radical (unpaired) electrons. The summed E-state index contributed by atoms with van der Waals surface area (Å²) in [5, 5.41) is 11.6. The van der Waals surface area contributed by atoms with Gasteiger partial charge in [-0.25, -0.2) is 4.79 Å². The monoisotopic (exact) mass is 275 g/mol. The van der Waals surface area contributed by atoms with Crippen molar-refractivity contribution in [3.63, 3.8) is 0 Å². The number of carboxylic acid groups (broad SMARTS) is 1. The van der Waals surface area contributed by atoms with E-state index in [1.807, 2.05) is 48.7 Å². The quantitative estimate of drug-likeness (QED) is 0.880. The predicted molar refractivity (Wildman–Crippen MR) is 80.4 cm³/mol. The summed E-state index contributed by atoms with van der Waals surface area (Å²) in [6, 6.07) is 13.5. The van der Waals surface area contributed by atoms with E-state index in [2.05, 4.69) is 0 Å². The number of carboxylic acids is 1. The molecular formula is C15H17NO2S. The minimum atomic E-state index is -1.31. The Balaban J connectivity index is 2.47. The largest absolute Gasteiger partial charge is 0.480 e. The molecule has 0 saturated heterocycles. The number of hydrogen-bond donors (Lipinski definition) is 2. The number of fused-ring (bicyclic) bond motifs is 1.